The Balaban J connectivity index is 1.87. The molecule has 25 heavy (non-hydrogen) atoms. The molecule has 1 amide bonds. The summed E-state index contributed by atoms with van der Waals surface area (Å²) in [5, 5.41) is 23.8. The van der Waals surface area contributed by atoms with Gasteiger partial charge in [0.25, 0.3) is 5.91 Å². The third-order valence-corrected chi connectivity index (χ3v) is 3.45. The van der Waals surface area contributed by atoms with E-state index < -0.39 is 22.3 Å². The summed E-state index contributed by atoms with van der Waals surface area (Å²) in [5.74, 6) is -0.346. The summed E-state index contributed by atoms with van der Waals surface area (Å²) in [4.78, 5) is 21.6. The van der Waals surface area contributed by atoms with Gasteiger partial charge in [-0.05, 0) is 54.8 Å². The predicted molar refractivity (Wildman–Crippen MR) is 91.9 cm³/mol. The number of aromatic hydroxyl groups is 1. The standard InChI is InChI=1S/C17H17N3O5/c1-11-3-5-14(7-12(11)2)25-10-17(22)19-18-9-13-4-6-15(20(23)24)16(21)8-13/h3-9,21H,10H2,1-2H3,(H,19,22)/b18-9-. The molecule has 2 aromatic rings. The van der Waals surface area contributed by atoms with Crippen molar-refractivity contribution in [2.45, 2.75) is 13.8 Å². The number of ether oxygens (including phenoxy) is 1. The molecule has 130 valence electrons. The molecule has 0 unspecified atom stereocenters. The average molecular weight is 343 g/mol. The maximum atomic E-state index is 11.7. The third-order valence-electron chi connectivity index (χ3n) is 3.45. The highest BCUT2D eigenvalue weighted by molar-refractivity contribution is 5.83. The lowest BCUT2D eigenvalue weighted by molar-refractivity contribution is -0.385. The minimum Gasteiger partial charge on any atom is -0.502 e. The normalized spacial score (nSPS) is 10.6. The van der Waals surface area contributed by atoms with Crippen molar-refractivity contribution in [1.82, 2.24) is 5.43 Å². The summed E-state index contributed by atoms with van der Waals surface area (Å²) in [6.07, 6.45) is 1.26. The fourth-order valence-electron chi connectivity index (χ4n) is 1.94. The fourth-order valence-corrected chi connectivity index (χ4v) is 1.94. The SMILES string of the molecule is Cc1ccc(OCC(=O)N/N=C\c2ccc([N+](=O)[O-])c(O)c2)cc1C. The van der Waals surface area contributed by atoms with Crippen LogP contribution >= 0.6 is 0 Å². The molecule has 0 spiro atoms. The van der Waals surface area contributed by atoms with Crippen molar-refractivity contribution in [3.05, 3.63) is 63.2 Å². The topological polar surface area (TPSA) is 114 Å². The van der Waals surface area contributed by atoms with E-state index in [-0.39, 0.29) is 6.61 Å². The van der Waals surface area contributed by atoms with Gasteiger partial charge in [-0.1, -0.05) is 6.07 Å². The third kappa shape index (κ3) is 5.03. The van der Waals surface area contributed by atoms with Gasteiger partial charge in [0.1, 0.15) is 5.75 Å². The number of nitro groups is 1. The molecule has 8 heteroatoms. The molecule has 0 saturated carbocycles. The van der Waals surface area contributed by atoms with Gasteiger partial charge in [-0.3, -0.25) is 14.9 Å². The molecular weight excluding hydrogens is 326 g/mol. The number of nitrogens with zero attached hydrogens (tertiary/aromatic N) is 2. The number of nitrogens with one attached hydrogen (secondary N) is 1. The fraction of sp³-hybridized carbons (Fsp3) is 0.176. The summed E-state index contributed by atoms with van der Waals surface area (Å²) in [5.41, 5.74) is 4.47. The van der Waals surface area contributed by atoms with Crippen molar-refractivity contribution in [2.24, 2.45) is 5.10 Å². The molecule has 8 nitrogen and oxygen atoms in total. The van der Waals surface area contributed by atoms with Crippen molar-refractivity contribution in [3.8, 4) is 11.5 Å². The van der Waals surface area contributed by atoms with Crippen LogP contribution in [0.15, 0.2) is 41.5 Å². The maximum absolute atomic E-state index is 11.7. The summed E-state index contributed by atoms with van der Waals surface area (Å²) in [6, 6.07) is 9.26. The van der Waals surface area contributed by atoms with E-state index in [1.165, 1.54) is 18.3 Å². The van der Waals surface area contributed by atoms with Crippen molar-refractivity contribution in [1.29, 1.82) is 0 Å². The average Bonchev–Trinajstić information content (AvgIpc) is 2.55. The van der Waals surface area contributed by atoms with Gasteiger partial charge >= 0.3 is 5.69 Å². The highest BCUT2D eigenvalue weighted by Crippen LogP contribution is 2.25. The summed E-state index contributed by atoms with van der Waals surface area (Å²) >= 11 is 0. The van der Waals surface area contributed by atoms with E-state index in [2.05, 4.69) is 10.5 Å². The van der Waals surface area contributed by atoms with Crippen LogP contribution in [0.1, 0.15) is 16.7 Å². The van der Waals surface area contributed by atoms with Crippen LogP contribution in [0, 0.1) is 24.0 Å². The number of benzene rings is 2. The molecule has 0 aliphatic heterocycles. The summed E-state index contributed by atoms with van der Waals surface area (Å²) in [6.45, 7) is 3.73. The highest BCUT2D eigenvalue weighted by atomic mass is 16.6. The van der Waals surface area contributed by atoms with E-state index >= 15 is 0 Å². The number of rotatable bonds is 6. The summed E-state index contributed by atoms with van der Waals surface area (Å²) in [7, 11) is 0. The number of hydrogen-bond donors (Lipinski definition) is 2. The van der Waals surface area contributed by atoms with Crippen LogP contribution in [0.4, 0.5) is 5.69 Å². The second-order valence-electron chi connectivity index (χ2n) is 5.33. The number of phenolic OH excluding ortho intramolecular Hbond substituents is 1. The first-order chi connectivity index (χ1) is 11.9. The van der Waals surface area contributed by atoms with Gasteiger partial charge in [0, 0.05) is 6.07 Å². The lowest BCUT2D eigenvalue weighted by atomic mass is 10.1. The van der Waals surface area contributed by atoms with Crippen LogP contribution in [-0.4, -0.2) is 28.8 Å². The zero-order chi connectivity index (χ0) is 18.4. The van der Waals surface area contributed by atoms with E-state index in [0.29, 0.717) is 11.3 Å². The van der Waals surface area contributed by atoms with Gasteiger partial charge in [-0.25, -0.2) is 5.43 Å². The van der Waals surface area contributed by atoms with E-state index in [4.69, 9.17) is 4.74 Å². The number of carbonyl (C=O) groups is 1. The quantitative estimate of drug-likeness (QED) is 0.475. The van der Waals surface area contributed by atoms with E-state index in [0.717, 1.165) is 17.2 Å². The Hall–Kier alpha value is -3.42. The van der Waals surface area contributed by atoms with E-state index in [1.807, 2.05) is 26.0 Å². The predicted octanol–water partition coefficient (Wildman–Crippen LogP) is 2.45. The van der Waals surface area contributed by atoms with Crippen LogP contribution < -0.4 is 10.2 Å². The lowest BCUT2D eigenvalue weighted by Crippen LogP contribution is -2.24. The number of hydrogen-bond acceptors (Lipinski definition) is 6. The first-order valence-corrected chi connectivity index (χ1v) is 7.36. The number of phenols is 1. The maximum Gasteiger partial charge on any atom is 0.310 e. The second kappa shape index (κ2) is 7.91. The molecule has 0 bridgehead atoms. The summed E-state index contributed by atoms with van der Waals surface area (Å²) < 4.78 is 5.37. The molecular formula is C17H17N3O5. The van der Waals surface area contributed by atoms with Gasteiger partial charge in [-0.15, -0.1) is 0 Å². The zero-order valence-electron chi connectivity index (χ0n) is 13.7. The molecule has 2 N–H and O–H groups in total. The molecule has 2 aromatic carbocycles. The Morgan fingerprint density at radius 1 is 1.28 bits per heavy atom. The van der Waals surface area contributed by atoms with Gasteiger partial charge in [-0.2, -0.15) is 5.10 Å². The van der Waals surface area contributed by atoms with E-state index in [9.17, 15) is 20.0 Å². The Bertz CT molecular complexity index is 833. The second-order valence-corrected chi connectivity index (χ2v) is 5.33. The number of carbonyl (C=O) groups excluding carboxylic acids is 1. The monoisotopic (exact) mass is 343 g/mol. The van der Waals surface area contributed by atoms with Crippen LogP contribution in [-0.2, 0) is 4.79 Å². The molecule has 0 aliphatic rings. The Morgan fingerprint density at radius 3 is 2.68 bits per heavy atom. The molecule has 0 atom stereocenters. The number of nitro benzene ring substituents is 1. The molecule has 0 saturated heterocycles. The van der Waals surface area contributed by atoms with Gasteiger partial charge in [0.2, 0.25) is 0 Å². The minimum atomic E-state index is -0.692. The van der Waals surface area contributed by atoms with Crippen molar-refractivity contribution in [2.75, 3.05) is 6.61 Å². The molecule has 0 heterocycles. The van der Waals surface area contributed by atoms with E-state index in [1.54, 1.807) is 6.07 Å². The molecule has 0 aliphatic carbocycles. The van der Waals surface area contributed by atoms with Crippen molar-refractivity contribution in [3.63, 3.8) is 0 Å². The smallest absolute Gasteiger partial charge is 0.310 e. The first-order valence-electron chi connectivity index (χ1n) is 7.36. The van der Waals surface area contributed by atoms with Gasteiger partial charge in [0.15, 0.2) is 12.4 Å². The molecule has 0 radical (unpaired) electrons. The van der Waals surface area contributed by atoms with Crippen LogP contribution in [0.25, 0.3) is 0 Å². The molecule has 0 fully saturated rings. The van der Waals surface area contributed by atoms with Crippen LogP contribution in [0.2, 0.25) is 0 Å². The number of aryl methyl sites for hydroxylation is 2. The Labute approximate surface area is 143 Å². The van der Waals surface area contributed by atoms with Crippen LogP contribution in [0.3, 0.4) is 0 Å². The van der Waals surface area contributed by atoms with Gasteiger partial charge < -0.3 is 9.84 Å². The largest absolute Gasteiger partial charge is 0.502 e. The number of amides is 1. The minimum absolute atomic E-state index is 0.203. The zero-order valence-corrected chi connectivity index (χ0v) is 13.7. The molecule has 2 rings (SSSR count). The van der Waals surface area contributed by atoms with Gasteiger partial charge in [0.05, 0.1) is 11.1 Å². The molecule has 0 aromatic heterocycles. The Kier molecular flexibility index (Phi) is 5.67. The lowest BCUT2D eigenvalue weighted by Gasteiger charge is -2.07. The van der Waals surface area contributed by atoms with Crippen molar-refractivity contribution < 1.29 is 19.6 Å². The highest BCUT2D eigenvalue weighted by Gasteiger charge is 2.12. The van der Waals surface area contributed by atoms with Crippen LogP contribution in [0.5, 0.6) is 11.5 Å². The number of hydrazone groups is 1. The van der Waals surface area contributed by atoms with Crippen molar-refractivity contribution >= 4 is 17.8 Å². The Morgan fingerprint density at radius 2 is 2.04 bits per heavy atom. The first kappa shape index (κ1) is 17.9.